The van der Waals surface area contributed by atoms with Crippen LogP contribution in [0.5, 0.6) is 0 Å². The van der Waals surface area contributed by atoms with E-state index in [9.17, 15) is 5.26 Å². The molecule has 5 rings (SSSR count). The largest absolute Gasteiger partial charge is 0.348 e. The van der Waals surface area contributed by atoms with Gasteiger partial charge < -0.3 is 9.64 Å². The van der Waals surface area contributed by atoms with E-state index in [0.717, 1.165) is 49.4 Å². The fraction of sp³-hybridized carbons (Fsp3) is 0.480. The SMILES string of the molecule is CN1CCCN(Cc2ccc(-c3ccc(C4OC4NC4CC4)cc3)c(C#N)c2)CC1. The predicted molar refractivity (Wildman–Crippen MR) is 118 cm³/mol. The molecular formula is C25H30N4O. The summed E-state index contributed by atoms with van der Waals surface area (Å²) in [5.74, 6) is 0. The van der Waals surface area contributed by atoms with E-state index in [1.807, 2.05) is 0 Å². The zero-order valence-electron chi connectivity index (χ0n) is 17.7. The number of benzene rings is 2. The van der Waals surface area contributed by atoms with Gasteiger partial charge in [-0.2, -0.15) is 5.26 Å². The first-order chi connectivity index (χ1) is 14.7. The second-order valence-corrected chi connectivity index (χ2v) is 8.96. The summed E-state index contributed by atoms with van der Waals surface area (Å²) >= 11 is 0. The molecule has 2 saturated heterocycles. The fourth-order valence-electron chi connectivity index (χ4n) is 4.38. The van der Waals surface area contributed by atoms with E-state index in [0.29, 0.717) is 6.04 Å². The van der Waals surface area contributed by atoms with Gasteiger partial charge in [0.1, 0.15) is 12.3 Å². The Labute approximate surface area is 179 Å². The van der Waals surface area contributed by atoms with Crippen LogP contribution in [0.15, 0.2) is 42.5 Å². The summed E-state index contributed by atoms with van der Waals surface area (Å²) in [6.45, 7) is 5.39. The van der Waals surface area contributed by atoms with Gasteiger partial charge in [0.15, 0.2) is 0 Å². The van der Waals surface area contributed by atoms with Gasteiger partial charge in [0.25, 0.3) is 0 Å². The molecule has 3 aliphatic rings. The lowest BCUT2D eigenvalue weighted by atomic mass is 9.96. The first-order valence-electron chi connectivity index (χ1n) is 11.2. The van der Waals surface area contributed by atoms with Crippen LogP contribution in [0.3, 0.4) is 0 Å². The molecule has 1 N–H and O–H groups in total. The van der Waals surface area contributed by atoms with Gasteiger partial charge >= 0.3 is 0 Å². The van der Waals surface area contributed by atoms with E-state index in [1.165, 1.54) is 30.4 Å². The predicted octanol–water partition coefficient (Wildman–Crippen LogP) is 3.51. The summed E-state index contributed by atoms with van der Waals surface area (Å²) in [5, 5.41) is 13.3. The molecule has 2 heterocycles. The highest BCUT2D eigenvalue weighted by atomic mass is 16.6. The molecule has 1 aliphatic carbocycles. The zero-order valence-corrected chi connectivity index (χ0v) is 17.7. The maximum absolute atomic E-state index is 9.77. The van der Waals surface area contributed by atoms with Crippen molar-refractivity contribution < 1.29 is 4.74 Å². The number of hydrogen-bond acceptors (Lipinski definition) is 5. The molecular weight excluding hydrogens is 372 g/mol. The lowest BCUT2D eigenvalue weighted by Gasteiger charge is -2.20. The molecule has 0 bridgehead atoms. The van der Waals surface area contributed by atoms with Crippen LogP contribution in [0.1, 0.15) is 42.1 Å². The molecule has 156 valence electrons. The second-order valence-electron chi connectivity index (χ2n) is 8.96. The fourth-order valence-corrected chi connectivity index (χ4v) is 4.38. The molecule has 0 radical (unpaired) electrons. The quantitative estimate of drug-likeness (QED) is 0.750. The Hall–Kier alpha value is -2.23. The zero-order chi connectivity index (χ0) is 20.5. The molecule has 0 amide bonds. The van der Waals surface area contributed by atoms with Gasteiger partial charge in [-0.1, -0.05) is 36.4 Å². The van der Waals surface area contributed by atoms with Gasteiger partial charge in [0, 0.05) is 25.7 Å². The van der Waals surface area contributed by atoms with Gasteiger partial charge in [-0.3, -0.25) is 10.2 Å². The van der Waals surface area contributed by atoms with Gasteiger partial charge in [-0.05, 0) is 67.7 Å². The molecule has 0 aromatic heterocycles. The molecule has 2 aromatic carbocycles. The standard InChI is InChI=1S/C25H30N4O/c1-28-11-2-12-29(14-13-28)17-18-3-10-23(21(15-18)16-26)19-4-6-20(7-5-19)24-25(30-24)27-22-8-9-22/h3-7,10,15,22,24-25,27H,2,8-9,11-14,17H2,1H3. The summed E-state index contributed by atoms with van der Waals surface area (Å²) in [6.07, 6.45) is 4.09. The normalized spacial score (nSPS) is 24.9. The van der Waals surface area contributed by atoms with Crippen molar-refractivity contribution in [3.8, 4) is 17.2 Å². The Kier molecular flexibility index (Phi) is 5.58. The average Bonchev–Trinajstić information content (AvgIpc) is 3.68. The molecule has 30 heavy (non-hydrogen) atoms. The van der Waals surface area contributed by atoms with Gasteiger partial charge in [0.05, 0.1) is 11.6 Å². The summed E-state index contributed by atoms with van der Waals surface area (Å²) in [7, 11) is 2.19. The van der Waals surface area contributed by atoms with E-state index in [2.05, 4.69) is 70.7 Å². The van der Waals surface area contributed by atoms with Crippen molar-refractivity contribution in [3.63, 3.8) is 0 Å². The van der Waals surface area contributed by atoms with E-state index < -0.39 is 0 Å². The molecule has 2 atom stereocenters. The molecule has 1 saturated carbocycles. The minimum Gasteiger partial charge on any atom is -0.348 e. The van der Waals surface area contributed by atoms with Crippen molar-refractivity contribution in [2.45, 2.75) is 44.2 Å². The molecule has 2 aromatic rings. The van der Waals surface area contributed by atoms with Crippen molar-refractivity contribution in [2.75, 3.05) is 33.2 Å². The van der Waals surface area contributed by atoms with Crippen LogP contribution in [0.2, 0.25) is 0 Å². The maximum atomic E-state index is 9.77. The lowest BCUT2D eigenvalue weighted by Crippen LogP contribution is -2.28. The Morgan fingerprint density at radius 3 is 2.67 bits per heavy atom. The van der Waals surface area contributed by atoms with E-state index in [4.69, 9.17) is 4.74 Å². The molecule has 5 nitrogen and oxygen atoms in total. The third-order valence-corrected chi connectivity index (χ3v) is 6.44. The summed E-state index contributed by atoms with van der Waals surface area (Å²) < 4.78 is 5.78. The van der Waals surface area contributed by atoms with Crippen molar-refractivity contribution in [1.82, 2.24) is 15.1 Å². The molecule has 2 unspecified atom stereocenters. The number of likely N-dealkylation sites (N-methyl/N-ethyl adjacent to an activating group) is 1. The monoisotopic (exact) mass is 402 g/mol. The number of ether oxygens (including phenoxy) is 1. The summed E-state index contributed by atoms with van der Waals surface area (Å²) in [4.78, 5) is 4.89. The van der Waals surface area contributed by atoms with Crippen molar-refractivity contribution in [2.24, 2.45) is 0 Å². The Bertz CT molecular complexity index is 931. The third kappa shape index (κ3) is 4.58. The van der Waals surface area contributed by atoms with Crippen LogP contribution in [-0.2, 0) is 11.3 Å². The Balaban J connectivity index is 1.27. The first kappa shape index (κ1) is 19.7. The maximum Gasteiger partial charge on any atom is 0.140 e. The summed E-state index contributed by atoms with van der Waals surface area (Å²) in [5.41, 5.74) is 5.27. The minimum atomic E-state index is 0.171. The number of rotatable bonds is 6. The molecule has 0 spiro atoms. The van der Waals surface area contributed by atoms with Crippen LogP contribution >= 0.6 is 0 Å². The van der Waals surface area contributed by atoms with Crippen LogP contribution < -0.4 is 5.32 Å². The van der Waals surface area contributed by atoms with Gasteiger partial charge in [0.2, 0.25) is 0 Å². The highest BCUT2D eigenvalue weighted by molar-refractivity contribution is 5.71. The first-order valence-corrected chi connectivity index (χ1v) is 11.2. The highest BCUT2D eigenvalue weighted by Gasteiger charge is 2.43. The number of nitrogens with one attached hydrogen (secondary N) is 1. The number of epoxide rings is 1. The van der Waals surface area contributed by atoms with E-state index in [1.54, 1.807) is 0 Å². The average molecular weight is 403 g/mol. The molecule has 3 fully saturated rings. The van der Waals surface area contributed by atoms with Gasteiger partial charge in [-0.25, -0.2) is 0 Å². The molecule has 5 heteroatoms. The number of hydrogen-bond donors (Lipinski definition) is 1. The van der Waals surface area contributed by atoms with Crippen molar-refractivity contribution in [1.29, 1.82) is 5.26 Å². The molecule has 2 aliphatic heterocycles. The summed E-state index contributed by atoms with van der Waals surface area (Å²) in [6, 6.07) is 17.9. The van der Waals surface area contributed by atoms with E-state index in [-0.39, 0.29) is 12.3 Å². The van der Waals surface area contributed by atoms with E-state index >= 15 is 0 Å². The minimum absolute atomic E-state index is 0.171. The van der Waals surface area contributed by atoms with Crippen LogP contribution in [0, 0.1) is 11.3 Å². The Morgan fingerprint density at radius 1 is 1.07 bits per heavy atom. The van der Waals surface area contributed by atoms with Gasteiger partial charge in [-0.15, -0.1) is 0 Å². The van der Waals surface area contributed by atoms with Crippen LogP contribution in [0.4, 0.5) is 0 Å². The highest BCUT2D eigenvalue weighted by Crippen LogP contribution is 2.39. The number of nitrogens with zero attached hydrogens (tertiary/aromatic N) is 3. The van der Waals surface area contributed by atoms with Crippen LogP contribution in [-0.4, -0.2) is 55.3 Å². The van der Waals surface area contributed by atoms with Crippen LogP contribution in [0.25, 0.3) is 11.1 Å². The van der Waals surface area contributed by atoms with Crippen molar-refractivity contribution >= 4 is 0 Å². The third-order valence-electron chi connectivity index (χ3n) is 6.44. The topological polar surface area (TPSA) is 54.8 Å². The Morgan fingerprint density at radius 2 is 1.90 bits per heavy atom. The van der Waals surface area contributed by atoms with Crippen molar-refractivity contribution in [3.05, 3.63) is 59.2 Å². The second kappa shape index (κ2) is 8.49. The smallest absolute Gasteiger partial charge is 0.140 e. The number of nitriles is 1. The lowest BCUT2D eigenvalue weighted by molar-refractivity contribution is 0.269.